The molecule has 0 unspecified atom stereocenters. The second-order valence-corrected chi connectivity index (χ2v) is 3.33. The predicted octanol–water partition coefficient (Wildman–Crippen LogP) is -1.65. The molecule has 0 aliphatic heterocycles. The van der Waals surface area contributed by atoms with Gasteiger partial charge in [-0.25, -0.2) is 14.5 Å². The third-order valence-corrected chi connectivity index (χ3v) is 1.59. The summed E-state index contributed by atoms with van der Waals surface area (Å²) in [5.74, 6) is 0. The summed E-state index contributed by atoms with van der Waals surface area (Å²) >= 11 is 0. The van der Waals surface area contributed by atoms with Crippen molar-refractivity contribution in [1.82, 2.24) is 0 Å². The zero-order chi connectivity index (χ0) is 9.03. The summed E-state index contributed by atoms with van der Waals surface area (Å²) in [5.41, 5.74) is 0.676. The molecule has 64 valence electrons. The van der Waals surface area contributed by atoms with Crippen LogP contribution in [0.5, 0.6) is 0 Å². The van der Waals surface area contributed by atoms with E-state index in [0.717, 1.165) is 0 Å². The topological polar surface area (TPSA) is 54.4 Å². The van der Waals surface area contributed by atoms with Crippen LogP contribution in [0.25, 0.3) is 6.08 Å². The molecule has 0 amide bonds. The summed E-state index contributed by atoms with van der Waals surface area (Å²) in [5, 5.41) is 1.84. The van der Waals surface area contributed by atoms with Crippen LogP contribution in [0.1, 0.15) is 5.56 Å². The van der Waals surface area contributed by atoms with Gasteiger partial charge < -0.3 is 0 Å². The van der Waals surface area contributed by atoms with Crippen molar-refractivity contribution in [3.8, 4) is 0 Å². The minimum Gasteiger partial charge on any atom is -0.296 e. The number of benzene rings is 1. The van der Waals surface area contributed by atoms with Crippen LogP contribution < -0.4 is 18.9 Å². The first-order valence-electron chi connectivity index (χ1n) is 3.21. The second-order valence-electron chi connectivity index (χ2n) is 2.15. The maximum atomic E-state index is 10.2. The Morgan fingerprint density at radius 3 is 2.23 bits per heavy atom. The summed E-state index contributed by atoms with van der Waals surface area (Å²) in [7, 11) is -4.13. The summed E-state index contributed by atoms with van der Waals surface area (Å²) in [6.07, 6.45) is 1.20. The minimum absolute atomic E-state index is 0. The van der Waals surface area contributed by atoms with Crippen LogP contribution in [-0.2, 0) is 10.1 Å². The van der Waals surface area contributed by atoms with E-state index in [-0.39, 0.29) is 18.9 Å². The van der Waals surface area contributed by atoms with Gasteiger partial charge in [0.2, 0.25) is 10.1 Å². The Morgan fingerprint density at radius 2 is 1.77 bits per heavy atom. The Kier molecular flexibility index (Phi) is 5.04. The van der Waals surface area contributed by atoms with Crippen molar-refractivity contribution in [3.63, 3.8) is 0 Å². The first-order chi connectivity index (χ1) is 5.58. The van der Waals surface area contributed by atoms with Crippen LogP contribution in [0.15, 0.2) is 30.3 Å². The van der Waals surface area contributed by atoms with E-state index < -0.39 is 10.1 Å². The molecule has 1 aromatic carbocycles. The van der Waals surface area contributed by atoms with Gasteiger partial charge in [0.25, 0.3) is 0 Å². The molecule has 0 saturated heterocycles. The first-order valence-corrected chi connectivity index (χ1v) is 4.65. The van der Waals surface area contributed by atoms with E-state index in [9.17, 15) is 8.42 Å². The third kappa shape index (κ3) is 5.67. The number of hydrogen-bond acceptors (Lipinski definition) is 2. The van der Waals surface area contributed by atoms with E-state index in [2.05, 4.69) is 0 Å². The van der Waals surface area contributed by atoms with Crippen molar-refractivity contribution in [1.29, 1.82) is 0 Å². The molecule has 0 aliphatic carbocycles. The predicted molar refractivity (Wildman–Crippen MR) is 45.7 cm³/mol. The van der Waals surface area contributed by atoms with Crippen molar-refractivity contribution in [3.05, 3.63) is 41.3 Å². The van der Waals surface area contributed by atoms with Gasteiger partial charge in [-0.3, -0.25) is 4.55 Å². The average Bonchev–Trinajstić information content (AvgIpc) is 2.02. The van der Waals surface area contributed by atoms with Crippen molar-refractivity contribution in [2.24, 2.45) is 0 Å². The smallest absolute Gasteiger partial charge is 0.296 e. The molecule has 0 spiro atoms. The van der Waals surface area contributed by atoms with Crippen LogP contribution in [0.3, 0.4) is 0 Å². The number of rotatable bonds is 2. The van der Waals surface area contributed by atoms with Crippen LogP contribution in [0.4, 0.5) is 0 Å². The minimum atomic E-state index is -4.13. The van der Waals surface area contributed by atoms with E-state index in [4.69, 9.17) is 4.55 Å². The Labute approximate surface area is 89.4 Å². The monoisotopic (exact) mass is 190 g/mol. The molecule has 5 heteroatoms. The maximum Gasteiger partial charge on any atom is 1.00 e. The molecule has 1 aromatic rings. The molecule has 0 saturated carbocycles. The van der Waals surface area contributed by atoms with E-state index >= 15 is 0 Å². The molecule has 0 aromatic heterocycles. The van der Waals surface area contributed by atoms with Crippen molar-refractivity contribution in [2.45, 2.75) is 0 Å². The van der Waals surface area contributed by atoms with Gasteiger partial charge in [0.05, 0.1) is 0 Å². The molecule has 0 fully saturated rings. The van der Waals surface area contributed by atoms with Gasteiger partial charge in [-0.2, -0.15) is 5.56 Å². The molecule has 0 radical (unpaired) electrons. The SMILES string of the molecule is O=S(=O)(O)[C-]=Cc1ccccc1.[Li+]. The van der Waals surface area contributed by atoms with E-state index in [1.807, 2.05) is 11.5 Å². The third-order valence-electron chi connectivity index (χ3n) is 1.17. The fraction of sp³-hybridized carbons (Fsp3) is 0. The zero-order valence-corrected chi connectivity index (χ0v) is 7.95. The van der Waals surface area contributed by atoms with Gasteiger partial charge in [0.15, 0.2) is 0 Å². The van der Waals surface area contributed by atoms with Crippen LogP contribution >= 0.6 is 0 Å². The Balaban J connectivity index is 0.00000144. The van der Waals surface area contributed by atoms with E-state index in [1.54, 1.807) is 24.3 Å². The van der Waals surface area contributed by atoms with Gasteiger partial charge in [0, 0.05) is 0 Å². The van der Waals surface area contributed by atoms with Crippen LogP contribution in [-0.4, -0.2) is 13.0 Å². The summed E-state index contributed by atoms with van der Waals surface area (Å²) in [6, 6.07) is 8.75. The van der Waals surface area contributed by atoms with Crippen molar-refractivity contribution in [2.75, 3.05) is 0 Å². The average molecular weight is 190 g/mol. The molecule has 0 aliphatic rings. The first kappa shape index (κ1) is 12.5. The molecule has 13 heavy (non-hydrogen) atoms. The largest absolute Gasteiger partial charge is 1.00 e. The molecule has 3 nitrogen and oxygen atoms in total. The van der Waals surface area contributed by atoms with Gasteiger partial charge in [-0.1, -0.05) is 18.2 Å². The maximum absolute atomic E-state index is 10.2. The normalized spacial score (nSPS) is 11.2. The van der Waals surface area contributed by atoms with E-state index in [1.165, 1.54) is 6.08 Å². The molecule has 0 atom stereocenters. The number of hydrogen-bond donors (Lipinski definition) is 1. The van der Waals surface area contributed by atoms with E-state index in [0.29, 0.717) is 5.56 Å². The van der Waals surface area contributed by atoms with Gasteiger partial charge in [-0.15, -0.1) is 17.5 Å². The standard InChI is InChI=1S/C8H7O3S.Li/c9-12(10,11)7-6-8-4-2-1-3-5-8;/h1-6H,(H,9,10,11);/q-1;+1. The summed E-state index contributed by atoms with van der Waals surface area (Å²) < 4.78 is 28.7. The molecule has 0 bridgehead atoms. The molecular formula is C8H7LiO3S. The Hall–Kier alpha value is -0.533. The van der Waals surface area contributed by atoms with Crippen LogP contribution in [0.2, 0.25) is 0 Å². The second kappa shape index (κ2) is 5.25. The van der Waals surface area contributed by atoms with Gasteiger partial charge in [-0.05, 0) is 0 Å². The zero-order valence-electron chi connectivity index (χ0n) is 7.14. The van der Waals surface area contributed by atoms with Gasteiger partial charge >= 0.3 is 18.9 Å². The fourth-order valence-electron chi connectivity index (χ4n) is 0.692. The molecule has 1 N–H and O–H groups in total. The van der Waals surface area contributed by atoms with Crippen molar-refractivity contribution >= 4 is 16.2 Å². The molecule has 1 rings (SSSR count). The summed E-state index contributed by atoms with van der Waals surface area (Å²) in [4.78, 5) is 0. The van der Waals surface area contributed by atoms with Crippen LogP contribution in [0, 0.1) is 5.41 Å². The Morgan fingerprint density at radius 1 is 1.23 bits per heavy atom. The van der Waals surface area contributed by atoms with Gasteiger partial charge in [0.1, 0.15) is 0 Å². The van der Waals surface area contributed by atoms with Crippen molar-refractivity contribution < 1.29 is 31.8 Å². The Bertz CT molecular complexity index is 370. The quantitative estimate of drug-likeness (QED) is 0.345. The summed E-state index contributed by atoms with van der Waals surface area (Å²) in [6.45, 7) is 0. The molecular weight excluding hydrogens is 183 g/mol. The molecule has 0 heterocycles. The fourth-order valence-corrected chi connectivity index (χ4v) is 0.977.